The normalized spacial score (nSPS) is 12.8. The van der Waals surface area contributed by atoms with Gasteiger partial charge in [-0.1, -0.05) is 0 Å². The third kappa shape index (κ3) is 8.24. The SMILES string of the molecule is Cc1cc(C(C)(C)C)[c]([Sn]([c]2c(C(C)(C)C)cc(C)c(C)c2C)=[Sn]([c]2c(C(C)(C)C)cc(C)c(C)c2C)[c]2c(C(C)(C)C)cc(C)c(C)c2C)c(C)c1C. The Kier molecular flexibility index (Phi) is 12.8. The Morgan fingerprint density at radius 1 is 0.259 bits per heavy atom. The second-order valence-electron chi connectivity index (χ2n) is 21.2. The maximum absolute atomic E-state index is 3.09. The molecular formula is C52H76Sn2. The zero-order valence-corrected chi connectivity index (χ0v) is 45.0. The van der Waals surface area contributed by atoms with Gasteiger partial charge in [-0.3, -0.25) is 0 Å². The van der Waals surface area contributed by atoms with E-state index in [0.717, 1.165) is 0 Å². The summed E-state index contributed by atoms with van der Waals surface area (Å²) in [7, 11) is 0. The molecule has 0 saturated heterocycles. The summed E-state index contributed by atoms with van der Waals surface area (Å²) in [5.74, 6) is 0. The Labute approximate surface area is 343 Å². The van der Waals surface area contributed by atoms with E-state index in [9.17, 15) is 0 Å². The summed E-state index contributed by atoms with van der Waals surface area (Å²) in [6.45, 7) is 59.1. The molecule has 292 valence electrons. The second kappa shape index (κ2) is 15.3. The van der Waals surface area contributed by atoms with Crippen LogP contribution in [-0.2, 0) is 21.7 Å². The molecule has 0 spiro atoms. The van der Waals surface area contributed by atoms with Crippen molar-refractivity contribution in [1.82, 2.24) is 0 Å². The second-order valence-corrected chi connectivity index (χ2v) is 50.3. The minimum absolute atomic E-state index is 0.0182. The van der Waals surface area contributed by atoms with Gasteiger partial charge in [0.1, 0.15) is 0 Å². The molecule has 54 heavy (non-hydrogen) atoms. The van der Waals surface area contributed by atoms with Crippen molar-refractivity contribution in [3.8, 4) is 0 Å². The summed E-state index contributed by atoms with van der Waals surface area (Å²) in [5, 5.41) is 0. The van der Waals surface area contributed by atoms with Crippen LogP contribution < -0.4 is 14.3 Å². The quantitative estimate of drug-likeness (QED) is 0.179. The summed E-state index contributed by atoms with van der Waals surface area (Å²) in [4.78, 5) is 0. The molecule has 0 nitrogen and oxygen atoms in total. The molecule has 0 heterocycles. The third-order valence-electron chi connectivity index (χ3n) is 13.1. The van der Waals surface area contributed by atoms with Crippen LogP contribution in [0.1, 0.15) is 172 Å². The maximum atomic E-state index is 2.64. The van der Waals surface area contributed by atoms with Gasteiger partial charge in [0.05, 0.1) is 0 Å². The predicted molar refractivity (Wildman–Crippen MR) is 247 cm³/mol. The van der Waals surface area contributed by atoms with E-state index in [1.807, 2.05) is 14.3 Å². The fraction of sp³-hybridized carbons (Fsp3) is 0.538. The summed E-state index contributed by atoms with van der Waals surface area (Å²) in [6, 6.07) is 10.6. The standard InChI is InChI=1S/4C13H19.2Sn/c4*1-9-7-12(13(4,5)6)8-10(2)11(9)3;;/h4*7H,1-6H3;;. The first-order valence-corrected chi connectivity index (χ1v) is 37.3. The molecule has 0 saturated carbocycles. The van der Waals surface area contributed by atoms with E-state index in [-0.39, 0.29) is 21.7 Å². The molecule has 0 aliphatic carbocycles. The number of rotatable bonds is 4. The zero-order valence-electron chi connectivity index (χ0n) is 39.3. The van der Waals surface area contributed by atoms with Crippen LogP contribution in [0.4, 0.5) is 0 Å². The van der Waals surface area contributed by atoms with E-state index in [4.69, 9.17) is 0 Å². The molecule has 0 N–H and O–H groups in total. The Hall–Kier alpha value is -1.52. The minimum atomic E-state index is -3.09. The van der Waals surface area contributed by atoms with Crippen molar-refractivity contribution in [1.29, 1.82) is 0 Å². The first-order chi connectivity index (χ1) is 24.3. The number of aryl methyl sites for hydroxylation is 4. The van der Waals surface area contributed by atoms with Gasteiger partial charge in [-0.15, -0.1) is 0 Å². The van der Waals surface area contributed by atoms with Gasteiger partial charge < -0.3 is 0 Å². The van der Waals surface area contributed by atoms with E-state index >= 15 is 0 Å². The van der Waals surface area contributed by atoms with Crippen LogP contribution in [0.2, 0.25) is 0 Å². The van der Waals surface area contributed by atoms with E-state index < -0.39 is 30.3 Å². The number of hydrogen-bond donors (Lipinski definition) is 0. The molecule has 4 aromatic carbocycles. The van der Waals surface area contributed by atoms with Crippen LogP contribution >= 0.6 is 0 Å². The average molecular weight is 939 g/mol. The zero-order chi connectivity index (χ0) is 41.5. The molecule has 4 aromatic rings. The van der Waals surface area contributed by atoms with Crippen LogP contribution in [0.3, 0.4) is 0 Å². The first kappa shape index (κ1) is 45.2. The fourth-order valence-electron chi connectivity index (χ4n) is 8.73. The van der Waals surface area contributed by atoms with Gasteiger partial charge >= 0.3 is 346 Å². The van der Waals surface area contributed by atoms with Crippen LogP contribution in [0, 0.1) is 83.1 Å². The molecule has 4 rings (SSSR count). The Bertz CT molecular complexity index is 1880. The Morgan fingerprint density at radius 2 is 0.407 bits per heavy atom. The number of benzene rings is 4. The molecule has 0 amide bonds. The van der Waals surface area contributed by atoms with E-state index in [2.05, 4.69) is 190 Å². The van der Waals surface area contributed by atoms with Crippen molar-refractivity contribution < 1.29 is 0 Å². The summed E-state index contributed by atoms with van der Waals surface area (Å²) in [6.07, 6.45) is 0. The molecule has 0 fully saturated rings. The molecule has 0 aliphatic heterocycles. The third-order valence-corrected chi connectivity index (χ3v) is 56.3. The van der Waals surface area contributed by atoms with Crippen LogP contribution in [0.25, 0.3) is 0 Å². The topological polar surface area (TPSA) is 0 Å². The van der Waals surface area contributed by atoms with Crippen molar-refractivity contribution in [3.63, 3.8) is 0 Å². The molecule has 0 bridgehead atoms. The molecule has 0 aromatic heterocycles. The van der Waals surface area contributed by atoms with Crippen LogP contribution in [-0.4, -0.2) is 30.3 Å². The summed E-state index contributed by atoms with van der Waals surface area (Å²) < 4.78 is 7.26. The summed E-state index contributed by atoms with van der Waals surface area (Å²) >= 11 is -6.18. The van der Waals surface area contributed by atoms with E-state index in [0.29, 0.717) is 0 Å². The van der Waals surface area contributed by atoms with Crippen LogP contribution in [0.15, 0.2) is 24.3 Å². The van der Waals surface area contributed by atoms with Crippen molar-refractivity contribution >= 4 is 44.7 Å². The Morgan fingerprint density at radius 3 is 0.537 bits per heavy atom. The fourth-order valence-corrected chi connectivity index (χ4v) is 71.4. The molecule has 0 atom stereocenters. The average Bonchev–Trinajstić information content (AvgIpc) is 3.02. The molecule has 0 unspecified atom stereocenters. The van der Waals surface area contributed by atoms with E-state index in [1.54, 1.807) is 44.5 Å². The van der Waals surface area contributed by atoms with Gasteiger partial charge in [0.2, 0.25) is 0 Å². The number of hydrogen-bond acceptors (Lipinski definition) is 0. The van der Waals surface area contributed by atoms with Gasteiger partial charge in [-0.05, 0) is 0 Å². The Balaban J connectivity index is 2.78. The van der Waals surface area contributed by atoms with Gasteiger partial charge in [0, 0.05) is 0 Å². The molecule has 2 heteroatoms. The van der Waals surface area contributed by atoms with Crippen LogP contribution in [0.5, 0.6) is 0 Å². The molecular weight excluding hydrogens is 862 g/mol. The van der Waals surface area contributed by atoms with E-state index in [1.165, 1.54) is 44.5 Å². The van der Waals surface area contributed by atoms with Crippen molar-refractivity contribution in [3.05, 3.63) is 113 Å². The van der Waals surface area contributed by atoms with Crippen molar-refractivity contribution in [2.75, 3.05) is 0 Å². The first-order valence-electron chi connectivity index (χ1n) is 20.6. The molecule has 0 radical (unpaired) electrons. The monoisotopic (exact) mass is 940 g/mol. The van der Waals surface area contributed by atoms with Gasteiger partial charge in [-0.25, -0.2) is 0 Å². The van der Waals surface area contributed by atoms with Crippen molar-refractivity contribution in [2.24, 2.45) is 0 Å². The molecule has 0 aliphatic rings. The van der Waals surface area contributed by atoms with Crippen molar-refractivity contribution in [2.45, 2.75) is 188 Å². The van der Waals surface area contributed by atoms with Gasteiger partial charge in [0.25, 0.3) is 0 Å². The van der Waals surface area contributed by atoms with Gasteiger partial charge in [0.15, 0.2) is 0 Å². The van der Waals surface area contributed by atoms with Gasteiger partial charge in [-0.2, -0.15) is 0 Å². The summed E-state index contributed by atoms with van der Waals surface area (Å²) in [5.41, 5.74) is 24.6. The predicted octanol–water partition coefficient (Wildman–Crippen LogP) is 11.6.